The van der Waals surface area contributed by atoms with Crippen LogP contribution in [0.15, 0.2) is 18.2 Å². The topological polar surface area (TPSA) is 55.6 Å². The number of hydrogen-bond donors (Lipinski definition) is 1. The molecular formula is C17H28N2O2. The van der Waals surface area contributed by atoms with Crippen molar-refractivity contribution < 1.29 is 9.53 Å². The summed E-state index contributed by atoms with van der Waals surface area (Å²) in [6.07, 6.45) is 1.46. The van der Waals surface area contributed by atoms with Crippen LogP contribution >= 0.6 is 0 Å². The van der Waals surface area contributed by atoms with Crippen LogP contribution in [-0.2, 0) is 9.53 Å². The highest BCUT2D eigenvalue weighted by atomic mass is 16.5. The number of carbonyl (C=O) groups is 1. The van der Waals surface area contributed by atoms with E-state index in [1.165, 1.54) is 16.8 Å². The fourth-order valence-corrected chi connectivity index (χ4v) is 2.44. The standard InChI is InChI=1S/C17H28N2O2/c1-6-21-16(20)17(4,18)10-7-11-19(5)15-9-8-13(2)12-14(15)3/h8-9,12H,6-7,10-11,18H2,1-5H3. The third kappa shape index (κ3) is 5.05. The molecule has 0 heterocycles. The molecule has 0 spiro atoms. The smallest absolute Gasteiger partial charge is 0.325 e. The van der Waals surface area contributed by atoms with Crippen LogP contribution in [0.2, 0.25) is 0 Å². The number of anilines is 1. The van der Waals surface area contributed by atoms with Crippen LogP contribution in [0.1, 0.15) is 37.8 Å². The number of esters is 1. The molecule has 1 aromatic carbocycles. The molecule has 0 fully saturated rings. The number of benzene rings is 1. The predicted octanol–water partition coefficient (Wildman–Crippen LogP) is 2.80. The van der Waals surface area contributed by atoms with E-state index in [0.717, 1.165) is 13.0 Å². The number of nitrogens with zero attached hydrogens (tertiary/aromatic N) is 1. The molecule has 1 rings (SSSR count). The zero-order valence-electron chi connectivity index (χ0n) is 13.9. The van der Waals surface area contributed by atoms with Crippen LogP contribution in [0, 0.1) is 13.8 Å². The minimum atomic E-state index is -0.904. The van der Waals surface area contributed by atoms with Crippen molar-refractivity contribution in [1.82, 2.24) is 0 Å². The average molecular weight is 292 g/mol. The van der Waals surface area contributed by atoms with E-state index in [-0.39, 0.29) is 5.97 Å². The maximum atomic E-state index is 11.7. The first kappa shape index (κ1) is 17.5. The van der Waals surface area contributed by atoms with Gasteiger partial charge in [0.1, 0.15) is 5.54 Å². The van der Waals surface area contributed by atoms with Gasteiger partial charge < -0.3 is 15.4 Å². The lowest BCUT2D eigenvalue weighted by Crippen LogP contribution is -2.46. The van der Waals surface area contributed by atoms with Gasteiger partial charge in [-0.05, 0) is 52.2 Å². The second-order valence-electron chi connectivity index (χ2n) is 5.95. The molecule has 4 nitrogen and oxygen atoms in total. The molecule has 118 valence electrons. The Morgan fingerprint density at radius 3 is 2.62 bits per heavy atom. The summed E-state index contributed by atoms with van der Waals surface area (Å²) in [5.41, 5.74) is 8.87. The van der Waals surface area contributed by atoms with Gasteiger partial charge in [-0.3, -0.25) is 4.79 Å². The minimum absolute atomic E-state index is 0.320. The molecule has 2 N–H and O–H groups in total. The fraction of sp³-hybridized carbons (Fsp3) is 0.588. The van der Waals surface area contributed by atoms with E-state index in [9.17, 15) is 4.79 Å². The van der Waals surface area contributed by atoms with E-state index >= 15 is 0 Å². The zero-order valence-corrected chi connectivity index (χ0v) is 13.9. The van der Waals surface area contributed by atoms with Crippen molar-refractivity contribution in [2.75, 3.05) is 25.1 Å². The number of rotatable bonds is 7. The SMILES string of the molecule is CCOC(=O)C(C)(N)CCCN(C)c1ccc(C)cc1C. The largest absolute Gasteiger partial charge is 0.465 e. The van der Waals surface area contributed by atoms with Crippen LogP contribution in [0.5, 0.6) is 0 Å². The Morgan fingerprint density at radius 2 is 2.05 bits per heavy atom. The molecule has 4 heteroatoms. The van der Waals surface area contributed by atoms with Crippen LogP contribution in [0.3, 0.4) is 0 Å². The number of ether oxygens (including phenoxy) is 1. The summed E-state index contributed by atoms with van der Waals surface area (Å²) in [7, 11) is 2.07. The molecule has 0 aromatic heterocycles. The van der Waals surface area contributed by atoms with E-state index in [0.29, 0.717) is 13.0 Å². The van der Waals surface area contributed by atoms with Crippen molar-refractivity contribution in [3.8, 4) is 0 Å². The Morgan fingerprint density at radius 1 is 1.38 bits per heavy atom. The molecule has 1 unspecified atom stereocenters. The maximum Gasteiger partial charge on any atom is 0.325 e. The normalized spacial score (nSPS) is 13.6. The lowest BCUT2D eigenvalue weighted by molar-refractivity contribution is -0.149. The van der Waals surface area contributed by atoms with Gasteiger partial charge in [-0.2, -0.15) is 0 Å². The van der Waals surface area contributed by atoms with Crippen LogP contribution < -0.4 is 10.6 Å². The van der Waals surface area contributed by atoms with Crippen molar-refractivity contribution in [3.05, 3.63) is 29.3 Å². The zero-order chi connectivity index (χ0) is 16.0. The lowest BCUT2D eigenvalue weighted by atomic mass is 9.97. The molecule has 0 aliphatic rings. The molecule has 1 atom stereocenters. The maximum absolute atomic E-state index is 11.7. The molecule has 0 radical (unpaired) electrons. The van der Waals surface area contributed by atoms with Gasteiger partial charge in [0.05, 0.1) is 6.61 Å². The summed E-state index contributed by atoms with van der Waals surface area (Å²) in [5, 5.41) is 0. The van der Waals surface area contributed by atoms with E-state index < -0.39 is 5.54 Å². The van der Waals surface area contributed by atoms with Crippen molar-refractivity contribution in [2.45, 2.75) is 46.1 Å². The van der Waals surface area contributed by atoms with Gasteiger partial charge in [-0.1, -0.05) is 17.7 Å². The second kappa shape index (κ2) is 7.46. The van der Waals surface area contributed by atoms with E-state index in [2.05, 4.69) is 44.0 Å². The first-order valence-corrected chi connectivity index (χ1v) is 7.52. The van der Waals surface area contributed by atoms with Crippen LogP contribution in [0.4, 0.5) is 5.69 Å². The van der Waals surface area contributed by atoms with E-state index in [4.69, 9.17) is 10.5 Å². The summed E-state index contributed by atoms with van der Waals surface area (Å²) in [6, 6.07) is 6.43. The van der Waals surface area contributed by atoms with Crippen molar-refractivity contribution >= 4 is 11.7 Å². The Bertz CT molecular complexity index is 484. The van der Waals surface area contributed by atoms with Gasteiger partial charge in [0.15, 0.2) is 0 Å². The van der Waals surface area contributed by atoms with Crippen molar-refractivity contribution in [1.29, 1.82) is 0 Å². The average Bonchev–Trinajstić information content (AvgIpc) is 2.38. The Labute approximate surface area is 128 Å². The van der Waals surface area contributed by atoms with E-state index in [1.54, 1.807) is 13.8 Å². The van der Waals surface area contributed by atoms with Gasteiger partial charge in [0.25, 0.3) is 0 Å². The summed E-state index contributed by atoms with van der Waals surface area (Å²) in [4.78, 5) is 13.9. The van der Waals surface area contributed by atoms with E-state index in [1.807, 2.05) is 0 Å². The molecule has 1 aromatic rings. The molecule has 0 aliphatic heterocycles. The van der Waals surface area contributed by atoms with Crippen LogP contribution in [0.25, 0.3) is 0 Å². The third-order valence-electron chi connectivity index (χ3n) is 3.69. The highest BCUT2D eigenvalue weighted by molar-refractivity contribution is 5.79. The van der Waals surface area contributed by atoms with Gasteiger partial charge in [0, 0.05) is 19.3 Å². The van der Waals surface area contributed by atoms with Gasteiger partial charge in [-0.15, -0.1) is 0 Å². The number of hydrogen-bond acceptors (Lipinski definition) is 4. The summed E-state index contributed by atoms with van der Waals surface area (Å²) in [5.74, 6) is -0.320. The number of aryl methyl sites for hydroxylation is 2. The number of carbonyl (C=O) groups excluding carboxylic acids is 1. The first-order chi connectivity index (χ1) is 9.77. The quantitative estimate of drug-likeness (QED) is 0.785. The monoisotopic (exact) mass is 292 g/mol. The second-order valence-corrected chi connectivity index (χ2v) is 5.95. The van der Waals surface area contributed by atoms with Crippen molar-refractivity contribution in [3.63, 3.8) is 0 Å². The Balaban J connectivity index is 2.53. The molecular weight excluding hydrogens is 264 g/mol. The molecule has 0 aliphatic carbocycles. The summed E-state index contributed by atoms with van der Waals surface area (Å²) in [6.45, 7) is 8.97. The molecule has 0 saturated carbocycles. The molecule has 21 heavy (non-hydrogen) atoms. The summed E-state index contributed by atoms with van der Waals surface area (Å²) >= 11 is 0. The van der Waals surface area contributed by atoms with Crippen LogP contribution in [-0.4, -0.2) is 31.7 Å². The highest BCUT2D eigenvalue weighted by Crippen LogP contribution is 2.21. The number of nitrogens with two attached hydrogens (primary N) is 1. The predicted molar refractivity (Wildman–Crippen MR) is 87.6 cm³/mol. The molecule has 0 amide bonds. The first-order valence-electron chi connectivity index (χ1n) is 7.52. The van der Waals surface area contributed by atoms with Gasteiger partial charge in [-0.25, -0.2) is 0 Å². The lowest BCUT2D eigenvalue weighted by Gasteiger charge is -2.25. The van der Waals surface area contributed by atoms with Gasteiger partial charge >= 0.3 is 5.97 Å². The Kier molecular flexibility index (Phi) is 6.21. The van der Waals surface area contributed by atoms with Gasteiger partial charge in [0.2, 0.25) is 0 Å². The van der Waals surface area contributed by atoms with Crippen molar-refractivity contribution in [2.24, 2.45) is 5.73 Å². The molecule has 0 saturated heterocycles. The fourth-order valence-electron chi connectivity index (χ4n) is 2.44. The molecule has 0 bridgehead atoms. The third-order valence-corrected chi connectivity index (χ3v) is 3.69. The summed E-state index contributed by atoms with van der Waals surface area (Å²) < 4.78 is 5.00. The highest BCUT2D eigenvalue weighted by Gasteiger charge is 2.29. The Hall–Kier alpha value is -1.55. The minimum Gasteiger partial charge on any atom is -0.465 e.